The second kappa shape index (κ2) is 6.03. The Morgan fingerprint density at radius 1 is 1.30 bits per heavy atom. The zero-order valence-corrected chi connectivity index (χ0v) is 13.1. The molecule has 4 nitrogen and oxygen atoms in total. The van der Waals surface area contributed by atoms with Gasteiger partial charge in [-0.25, -0.2) is 13.1 Å². The molecule has 0 amide bonds. The fraction of sp³-hybridized carbons (Fsp3) is 0.385. The maximum Gasteiger partial charge on any atom is 0.241 e. The first kappa shape index (κ1) is 15.8. The van der Waals surface area contributed by atoms with E-state index in [2.05, 4.69) is 4.72 Å². The predicted octanol–water partition coefficient (Wildman–Crippen LogP) is 2.52. The van der Waals surface area contributed by atoms with Crippen molar-refractivity contribution in [2.45, 2.75) is 24.3 Å². The lowest BCUT2D eigenvalue weighted by atomic mass is 10.1. The van der Waals surface area contributed by atoms with Gasteiger partial charge in [0.2, 0.25) is 10.0 Å². The Kier molecular flexibility index (Phi) is 4.76. The molecule has 0 unspecified atom stereocenters. The second-order valence-electron chi connectivity index (χ2n) is 4.80. The molecule has 7 heteroatoms. The van der Waals surface area contributed by atoms with Crippen LogP contribution < -0.4 is 4.72 Å². The summed E-state index contributed by atoms with van der Waals surface area (Å²) < 4.78 is 27.1. The van der Waals surface area contributed by atoms with E-state index in [-0.39, 0.29) is 23.5 Å². The minimum atomic E-state index is -3.69. The van der Waals surface area contributed by atoms with E-state index in [1.54, 1.807) is 13.0 Å². The summed E-state index contributed by atoms with van der Waals surface area (Å²) in [5.74, 6) is -0.00658. The van der Waals surface area contributed by atoms with Crippen LogP contribution in [0.1, 0.15) is 12.0 Å². The van der Waals surface area contributed by atoms with Gasteiger partial charge in [0, 0.05) is 28.6 Å². The molecule has 0 saturated carbocycles. The smallest absolute Gasteiger partial charge is 0.241 e. The Bertz CT molecular complexity index is 620. The second-order valence-corrected chi connectivity index (χ2v) is 7.33. The predicted molar refractivity (Wildman–Crippen MR) is 79.6 cm³/mol. The third-order valence-corrected chi connectivity index (χ3v) is 5.53. The third kappa shape index (κ3) is 3.35. The van der Waals surface area contributed by atoms with Gasteiger partial charge in [-0.1, -0.05) is 35.4 Å². The molecule has 2 atom stereocenters. The summed E-state index contributed by atoms with van der Waals surface area (Å²) in [5.41, 5.74) is 0.647. The molecular weight excluding hydrogens is 321 g/mol. The number of nitrogens with one attached hydrogen (secondary N) is 1. The summed E-state index contributed by atoms with van der Waals surface area (Å²) >= 11 is 11.9. The third-order valence-electron chi connectivity index (χ3n) is 3.28. The molecule has 1 aliphatic rings. The molecule has 1 aliphatic carbocycles. The van der Waals surface area contributed by atoms with Gasteiger partial charge in [-0.05, 0) is 31.0 Å². The van der Waals surface area contributed by atoms with Crippen molar-refractivity contribution in [1.29, 1.82) is 0 Å². The van der Waals surface area contributed by atoms with Gasteiger partial charge in [-0.3, -0.25) is 0 Å². The largest absolute Gasteiger partial charge is 0.396 e. The lowest BCUT2D eigenvalue weighted by Gasteiger charge is -2.14. The van der Waals surface area contributed by atoms with E-state index < -0.39 is 10.0 Å². The number of benzene rings is 1. The van der Waals surface area contributed by atoms with Gasteiger partial charge in [0.15, 0.2) is 0 Å². The van der Waals surface area contributed by atoms with Crippen molar-refractivity contribution < 1.29 is 13.5 Å². The van der Waals surface area contributed by atoms with Crippen LogP contribution in [-0.2, 0) is 10.0 Å². The fourth-order valence-electron chi connectivity index (χ4n) is 2.04. The number of rotatable bonds is 4. The highest BCUT2D eigenvalue weighted by Crippen LogP contribution is 2.28. The Morgan fingerprint density at radius 2 is 1.90 bits per heavy atom. The lowest BCUT2D eigenvalue weighted by molar-refractivity contribution is 0.248. The van der Waals surface area contributed by atoms with Gasteiger partial charge in [0.25, 0.3) is 0 Å². The monoisotopic (exact) mass is 335 g/mol. The van der Waals surface area contributed by atoms with Crippen molar-refractivity contribution in [2.24, 2.45) is 5.92 Å². The van der Waals surface area contributed by atoms with Crippen LogP contribution in [0.2, 0.25) is 10.0 Å². The molecule has 0 fully saturated rings. The quantitative estimate of drug-likeness (QED) is 0.831. The van der Waals surface area contributed by atoms with E-state index in [0.717, 1.165) is 0 Å². The topological polar surface area (TPSA) is 66.4 Å². The fourth-order valence-corrected chi connectivity index (χ4v) is 3.91. The Morgan fingerprint density at radius 3 is 2.40 bits per heavy atom. The molecule has 1 aromatic rings. The lowest BCUT2D eigenvalue weighted by Crippen LogP contribution is -2.33. The number of aliphatic hydroxyl groups excluding tert-OH is 1. The van der Waals surface area contributed by atoms with Crippen LogP contribution in [0.4, 0.5) is 0 Å². The van der Waals surface area contributed by atoms with Crippen LogP contribution in [0.15, 0.2) is 29.2 Å². The molecule has 0 radical (unpaired) electrons. The van der Waals surface area contributed by atoms with Gasteiger partial charge >= 0.3 is 0 Å². The van der Waals surface area contributed by atoms with Crippen molar-refractivity contribution in [3.8, 4) is 0 Å². The normalized spacial score (nSPS) is 22.4. The van der Waals surface area contributed by atoms with E-state index in [1.165, 1.54) is 12.1 Å². The van der Waals surface area contributed by atoms with Crippen molar-refractivity contribution in [3.63, 3.8) is 0 Å². The Hall–Kier alpha value is -0.590. The summed E-state index contributed by atoms with van der Waals surface area (Å²) in [7, 11) is -3.69. The standard InChI is InChI=1S/C13H15Cl2NO3S/c1-8-12(14)5-11(6-13(8)15)20(18,19)16-10-3-2-9(4-10)7-17/h2-3,5-6,9-10,16-17H,4,7H2,1H3/t9-,10+/m0/s1. The van der Waals surface area contributed by atoms with Crippen LogP contribution in [0.25, 0.3) is 0 Å². The van der Waals surface area contributed by atoms with E-state index in [1.807, 2.05) is 6.08 Å². The van der Waals surface area contributed by atoms with E-state index in [0.29, 0.717) is 22.0 Å². The minimum Gasteiger partial charge on any atom is -0.396 e. The number of aliphatic hydroxyl groups is 1. The van der Waals surface area contributed by atoms with Crippen LogP contribution in [0.5, 0.6) is 0 Å². The van der Waals surface area contributed by atoms with Gasteiger partial charge < -0.3 is 5.11 Å². The van der Waals surface area contributed by atoms with Crippen LogP contribution in [0, 0.1) is 12.8 Å². The molecule has 0 spiro atoms. The van der Waals surface area contributed by atoms with Crippen LogP contribution in [0.3, 0.4) is 0 Å². The maximum absolute atomic E-state index is 12.3. The average molecular weight is 336 g/mol. The van der Waals surface area contributed by atoms with Crippen molar-refractivity contribution >= 4 is 33.2 Å². The van der Waals surface area contributed by atoms with Crippen molar-refractivity contribution in [3.05, 3.63) is 39.9 Å². The van der Waals surface area contributed by atoms with Crippen LogP contribution in [-0.4, -0.2) is 26.2 Å². The highest BCUT2D eigenvalue weighted by atomic mass is 35.5. The van der Waals surface area contributed by atoms with Crippen molar-refractivity contribution in [1.82, 2.24) is 4.72 Å². The molecular formula is C13H15Cl2NO3S. The molecule has 0 aromatic heterocycles. The van der Waals surface area contributed by atoms with E-state index in [9.17, 15) is 8.42 Å². The SMILES string of the molecule is Cc1c(Cl)cc(S(=O)(=O)N[C@@H]2C=C[C@H](CO)C2)cc1Cl. The molecule has 0 aliphatic heterocycles. The molecule has 2 rings (SSSR count). The summed E-state index contributed by atoms with van der Waals surface area (Å²) in [6.07, 6.45) is 4.10. The van der Waals surface area contributed by atoms with E-state index in [4.69, 9.17) is 28.3 Å². The Labute approximate surface area is 128 Å². The molecule has 0 saturated heterocycles. The molecule has 20 heavy (non-hydrogen) atoms. The molecule has 2 N–H and O–H groups in total. The highest BCUT2D eigenvalue weighted by molar-refractivity contribution is 7.89. The number of sulfonamides is 1. The summed E-state index contributed by atoms with van der Waals surface area (Å²) in [4.78, 5) is 0.0407. The zero-order chi connectivity index (χ0) is 14.9. The number of hydrogen-bond donors (Lipinski definition) is 2. The first-order valence-corrected chi connectivity index (χ1v) is 8.34. The minimum absolute atomic E-state index is 0.00658. The molecule has 1 aromatic carbocycles. The van der Waals surface area contributed by atoms with Gasteiger partial charge in [-0.2, -0.15) is 0 Å². The average Bonchev–Trinajstić information content (AvgIpc) is 2.82. The number of hydrogen-bond acceptors (Lipinski definition) is 3. The zero-order valence-electron chi connectivity index (χ0n) is 10.8. The summed E-state index contributed by atoms with van der Waals surface area (Å²) in [5, 5.41) is 9.67. The molecule has 0 heterocycles. The van der Waals surface area contributed by atoms with E-state index >= 15 is 0 Å². The summed E-state index contributed by atoms with van der Waals surface area (Å²) in [6, 6.07) is 2.44. The Balaban J connectivity index is 2.21. The van der Waals surface area contributed by atoms with Gasteiger partial charge in [0.1, 0.15) is 0 Å². The van der Waals surface area contributed by atoms with Crippen LogP contribution >= 0.6 is 23.2 Å². The first-order valence-electron chi connectivity index (χ1n) is 6.10. The molecule has 110 valence electrons. The van der Waals surface area contributed by atoms with Gasteiger partial charge in [0.05, 0.1) is 4.90 Å². The maximum atomic E-state index is 12.3. The van der Waals surface area contributed by atoms with Crippen molar-refractivity contribution in [2.75, 3.05) is 6.61 Å². The first-order chi connectivity index (χ1) is 9.33. The molecule has 0 bridgehead atoms. The summed E-state index contributed by atoms with van der Waals surface area (Å²) in [6.45, 7) is 1.73. The van der Waals surface area contributed by atoms with Gasteiger partial charge in [-0.15, -0.1) is 0 Å². The highest BCUT2D eigenvalue weighted by Gasteiger charge is 2.25. The number of halogens is 2.